The van der Waals surface area contributed by atoms with Gasteiger partial charge in [-0.1, -0.05) is 44.2 Å². The van der Waals surface area contributed by atoms with Crippen molar-refractivity contribution in [3.63, 3.8) is 0 Å². The molecule has 6 heteroatoms. The highest BCUT2D eigenvalue weighted by atomic mass is 16.1. The molecular weight excluding hydrogens is 386 g/mol. The van der Waals surface area contributed by atoms with Gasteiger partial charge in [0.05, 0.1) is 0 Å². The monoisotopic (exact) mass is 421 g/mol. The van der Waals surface area contributed by atoms with Gasteiger partial charge in [-0.2, -0.15) is 0 Å². The van der Waals surface area contributed by atoms with Crippen LogP contribution in [0.4, 0.5) is 5.95 Å². The number of anilines is 1. The third-order valence-corrected chi connectivity index (χ3v) is 6.46. The maximum Gasteiger partial charge on any atom is 0.251 e. The SMILES string of the molecule is O=C(NCCN1CCCCCC1)c1cccc(-c2cnc(NC3CCCCC3)nc2)c1. The van der Waals surface area contributed by atoms with Crippen molar-refractivity contribution in [3.05, 3.63) is 42.2 Å². The summed E-state index contributed by atoms with van der Waals surface area (Å²) in [5, 5.41) is 6.53. The number of rotatable bonds is 7. The summed E-state index contributed by atoms with van der Waals surface area (Å²) < 4.78 is 0. The average molecular weight is 422 g/mol. The molecule has 0 spiro atoms. The van der Waals surface area contributed by atoms with Gasteiger partial charge in [0.2, 0.25) is 5.95 Å². The number of hydrogen-bond donors (Lipinski definition) is 2. The Bertz CT molecular complexity index is 824. The first-order valence-electron chi connectivity index (χ1n) is 12.0. The van der Waals surface area contributed by atoms with Crippen LogP contribution in [0.3, 0.4) is 0 Å². The van der Waals surface area contributed by atoms with Crippen molar-refractivity contribution in [1.29, 1.82) is 0 Å². The minimum atomic E-state index is -0.0202. The summed E-state index contributed by atoms with van der Waals surface area (Å²) in [5.74, 6) is 0.672. The maximum absolute atomic E-state index is 12.6. The molecule has 1 saturated carbocycles. The molecule has 0 unspecified atom stereocenters. The fourth-order valence-electron chi connectivity index (χ4n) is 4.61. The van der Waals surface area contributed by atoms with Crippen molar-refractivity contribution in [2.75, 3.05) is 31.5 Å². The molecular formula is C25H35N5O. The van der Waals surface area contributed by atoms with Crippen LogP contribution in [0.25, 0.3) is 11.1 Å². The van der Waals surface area contributed by atoms with Crippen molar-refractivity contribution in [2.24, 2.45) is 0 Å². The molecule has 2 heterocycles. The van der Waals surface area contributed by atoms with E-state index < -0.39 is 0 Å². The quantitative estimate of drug-likeness (QED) is 0.689. The molecule has 1 aliphatic heterocycles. The zero-order valence-corrected chi connectivity index (χ0v) is 18.5. The summed E-state index contributed by atoms with van der Waals surface area (Å²) in [7, 11) is 0. The van der Waals surface area contributed by atoms with E-state index in [-0.39, 0.29) is 5.91 Å². The van der Waals surface area contributed by atoms with E-state index in [1.807, 2.05) is 36.7 Å². The number of benzene rings is 1. The van der Waals surface area contributed by atoms with Crippen LogP contribution in [0, 0.1) is 0 Å². The molecule has 1 aromatic heterocycles. The molecule has 4 rings (SSSR count). The molecule has 2 N–H and O–H groups in total. The van der Waals surface area contributed by atoms with Gasteiger partial charge >= 0.3 is 0 Å². The molecule has 0 radical (unpaired) electrons. The Balaban J connectivity index is 1.31. The molecule has 1 aromatic carbocycles. The molecule has 2 aliphatic rings. The lowest BCUT2D eigenvalue weighted by Gasteiger charge is -2.22. The highest BCUT2D eigenvalue weighted by Gasteiger charge is 2.14. The first-order chi connectivity index (χ1) is 15.3. The molecule has 31 heavy (non-hydrogen) atoms. The zero-order chi connectivity index (χ0) is 21.3. The lowest BCUT2D eigenvalue weighted by atomic mass is 9.96. The van der Waals surface area contributed by atoms with Crippen LogP contribution in [0.5, 0.6) is 0 Å². The zero-order valence-electron chi connectivity index (χ0n) is 18.5. The highest BCUT2D eigenvalue weighted by molar-refractivity contribution is 5.95. The molecule has 1 amide bonds. The first kappa shape index (κ1) is 21.8. The van der Waals surface area contributed by atoms with E-state index >= 15 is 0 Å². The number of hydrogen-bond acceptors (Lipinski definition) is 5. The molecule has 1 saturated heterocycles. The lowest BCUT2D eigenvalue weighted by Crippen LogP contribution is -2.35. The first-order valence-corrected chi connectivity index (χ1v) is 12.0. The van der Waals surface area contributed by atoms with Gasteiger partial charge in [0, 0.05) is 42.7 Å². The van der Waals surface area contributed by atoms with Gasteiger partial charge in [-0.15, -0.1) is 0 Å². The second-order valence-electron chi connectivity index (χ2n) is 8.87. The van der Waals surface area contributed by atoms with E-state index in [4.69, 9.17) is 0 Å². The number of nitrogens with zero attached hydrogens (tertiary/aromatic N) is 3. The predicted octanol–water partition coefficient (Wildman–Crippen LogP) is 4.49. The van der Waals surface area contributed by atoms with Gasteiger partial charge in [-0.25, -0.2) is 9.97 Å². The third-order valence-electron chi connectivity index (χ3n) is 6.46. The summed E-state index contributed by atoms with van der Waals surface area (Å²) >= 11 is 0. The van der Waals surface area contributed by atoms with Crippen LogP contribution in [0.2, 0.25) is 0 Å². The molecule has 0 bridgehead atoms. The van der Waals surface area contributed by atoms with Gasteiger partial charge in [0.15, 0.2) is 0 Å². The Morgan fingerprint density at radius 1 is 0.935 bits per heavy atom. The molecule has 6 nitrogen and oxygen atoms in total. The molecule has 1 aliphatic carbocycles. The molecule has 2 aromatic rings. The Kier molecular flexibility index (Phi) is 7.88. The second kappa shape index (κ2) is 11.2. The van der Waals surface area contributed by atoms with Crippen LogP contribution in [-0.4, -0.2) is 53.0 Å². The average Bonchev–Trinajstić information content (AvgIpc) is 3.09. The van der Waals surface area contributed by atoms with E-state index in [1.165, 1.54) is 57.8 Å². The minimum absolute atomic E-state index is 0.0202. The number of aromatic nitrogens is 2. The minimum Gasteiger partial charge on any atom is -0.351 e. The summed E-state index contributed by atoms with van der Waals surface area (Å²) in [5.41, 5.74) is 2.57. The van der Waals surface area contributed by atoms with Crippen LogP contribution in [-0.2, 0) is 0 Å². The van der Waals surface area contributed by atoms with Gasteiger partial charge in [-0.3, -0.25) is 4.79 Å². The third kappa shape index (κ3) is 6.50. The van der Waals surface area contributed by atoms with Gasteiger partial charge < -0.3 is 15.5 Å². The number of carbonyl (C=O) groups excluding carboxylic acids is 1. The largest absolute Gasteiger partial charge is 0.351 e. The molecule has 0 atom stereocenters. The van der Waals surface area contributed by atoms with Crippen molar-refractivity contribution >= 4 is 11.9 Å². The lowest BCUT2D eigenvalue weighted by molar-refractivity contribution is 0.0948. The van der Waals surface area contributed by atoms with Crippen molar-refractivity contribution in [1.82, 2.24) is 20.2 Å². The van der Waals surface area contributed by atoms with Crippen LogP contribution in [0.15, 0.2) is 36.7 Å². The summed E-state index contributed by atoms with van der Waals surface area (Å²) in [6, 6.07) is 8.20. The van der Waals surface area contributed by atoms with Crippen molar-refractivity contribution in [2.45, 2.75) is 63.8 Å². The van der Waals surface area contributed by atoms with Crippen LogP contribution < -0.4 is 10.6 Å². The Labute approximate surface area is 185 Å². The van der Waals surface area contributed by atoms with E-state index in [2.05, 4.69) is 25.5 Å². The summed E-state index contributed by atoms with van der Waals surface area (Å²) in [6.07, 6.45) is 15.2. The van der Waals surface area contributed by atoms with E-state index in [0.29, 0.717) is 24.1 Å². The van der Waals surface area contributed by atoms with E-state index in [0.717, 1.165) is 30.8 Å². The standard InChI is InChI=1S/C25H35N5O/c31-24(26-13-16-30-14-6-1-2-7-15-30)21-10-8-9-20(17-21)22-18-27-25(28-19-22)29-23-11-4-3-5-12-23/h8-10,17-19,23H,1-7,11-16H2,(H,26,31)(H,27,28,29). The Morgan fingerprint density at radius 3 is 2.39 bits per heavy atom. The fourth-order valence-corrected chi connectivity index (χ4v) is 4.61. The molecule has 2 fully saturated rings. The topological polar surface area (TPSA) is 70.2 Å². The summed E-state index contributed by atoms with van der Waals surface area (Å²) in [6.45, 7) is 3.91. The van der Waals surface area contributed by atoms with Crippen LogP contribution in [0.1, 0.15) is 68.1 Å². The fraction of sp³-hybridized carbons (Fsp3) is 0.560. The van der Waals surface area contributed by atoms with Crippen molar-refractivity contribution < 1.29 is 4.79 Å². The maximum atomic E-state index is 12.6. The predicted molar refractivity (Wildman–Crippen MR) is 125 cm³/mol. The van der Waals surface area contributed by atoms with Crippen molar-refractivity contribution in [3.8, 4) is 11.1 Å². The van der Waals surface area contributed by atoms with Gasteiger partial charge in [0.25, 0.3) is 5.91 Å². The Morgan fingerprint density at radius 2 is 1.65 bits per heavy atom. The normalized spacial score (nSPS) is 18.3. The van der Waals surface area contributed by atoms with E-state index in [1.54, 1.807) is 0 Å². The van der Waals surface area contributed by atoms with Gasteiger partial charge in [-0.05, 0) is 56.5 Å². The number of amides is 1. The van der Waals surface area contributed by atoms with E-state index in [9.17, 15) is 4.79 Å². The van der Waals surface area contributed by atoms with Gasteiger partial charge in [0.1, 0.15) is 0 Å². The number of likely N-dealkylation sites (tertiary alicyclic amines) is 1. The number of nitrogens with one attached hydrogen (secondary N) is 2. The summed E-state index contributed by atoms with van der Waals surface area (Å²) in [4.78, 5) is 24.1. The Hall–Kier alpha value is -2.47. The molecule has 166 valence electrons. The second-order valence-corrected chi connectivity index (χ2v) is 8.87. The highest BCUT2D eigenvalue weighted by Crippen LogP contribution is 2.22. The van der Waals surface area contributed by atoms with Crippen LogP contribution >= 0.6 is 0 Å². The smallest absolute Gasteiger partial charge is 0.251 e. The number of carbonyl (C=O) groups is 1.